The maximum Gasteiger partial charge on any atom is 0.248 e. The molecule has 1 aromatic carbocycles. The van der Waals surface area contributed by atoms with Gasteiger partial charge in [0.25, 0.3) is 0 Å². The molecule has 1 aromatic heterocycles. The fourth-order valence-electron chi connectivity index (χ4n) is 6.59. The number of nitrogens with zero attached hydrogens (tertiary/aromatic N) is 4. The second-order valence-corrected chi connectivity index (χ2v) is 13.0. The van der Waals surface area contributed by atoms with E-state index in [0.29, 0.717) is 5.92 Å². The SMILES string of the molecule is CC(C)(C)[C@@H](C(=O)N1C[C@H](O)C[C@H]1C(=O)NC(c1ccccc1)C1(CO)CCCCC1)n1cc(C2CC2)nn1. The monoisotopic (exact) mass is 537 g/mol. The summed E-state index contributed by atoms with van der Waals surface area (Å²) in [6, 6.07) is 7.94. The molecule has 0 bridgehead atoms. The van der Waals surface area contributed by atoms with Gasteiger partial charge in [-0.1, -0.05) is 75.6 Å². The van der Waals surface area contributed by atoms with Crippen molar-refractivity contribution in [3.8, 4) is 0 Å². The molecule has 3 aliphatic rings. The summed E-state index contributed by atoms with van der Waals surface area (Å²) >= 11 is 0. The van der Waals surface area contributed by atoms with Gasteiger partial charge in [-0.25, -0.2) is 4.68 Å². The molecule has 9 nitrogen and oxygen atoms in total. The van der Waals surface area contributed by atoms with Crippen LogP contribution in [0, 0.1) is 10.8 Å². The van der Waals surface area contributed by atoms with E-state index in [2.05, 4.69) is 15.6 Å². The molecule has 1 unspecified atom stereocenters. The highest BCUT2D eigenvalue weighted by atomic mass is 16.3. The Labute approximate surface area is 231 Å². The minimum atomic E-state index is -0.811. The highest BCUT2D eigenvalue weighted by Crippen LogP contribution is 2.46. The number of likely N-dealkylation sites (tertiary alicyclic amines) is 1. The lowest BCUT2D eigenvalue weighted by Crippen LogP contribution is -2.53. The van der Waals surface area contributed by atoms with Crippen LogP contribution in [0.25, 0.3) is 0 Å². The van der Waals surface area contributed by atoms with Gasteiger partial charge < -0.3 is 20.4 Å². The van der Waals surface area contributed by atoms with Gasteiger partial charge in [0.05, 0.1) is 24.4 Å². The predicted molar refractivity (Wildman–Crippen MR) is 147 cm³/mol. The third-order valence-corrected chi connectivity index (χ3v) is 8.90. The van der Waals surface area contributed by atoms with E-state index in [1.807, 2.05) is 57.3 Å². The van der Waals surface area contributed by atoms with Crippen molar-refractivity contribution < 1.29 is 19.8 Å². The zero-order valence-electron chi connectivity index (χ0n) is 23.4. The number of aliphatic hydroxyl groups is 2. The molecule has 2 amide bonds. The standard InChI is InChI=1S/C30H43N5O4/c1-29(2,3)26(35-18-23(32-33-35)20-12-13-20)28(39)34-17-22(37)16-24(34)27(38)31-25(21-10-6-4-7-11-21)30(19-36)14-8-5-9-15-30/h4,6-7,10-11,18,20,22,24-26,36-37H,5,8-9,12-17,19H2,1-3H3,(H,31,38)/t22-,24+,25?,26-/m1/s1. The zero-order chi connectivity index (χ0) is 27.8. The Kier molecular flexibility index (Phi) is 7.84. The first-order chi connectivity index (χ1) is 18.6. The van der Waals surface area contributed by atoms with Crippen LogP contribution >= 0.6 is 0 Å². The molecule has 2 saturated carbocycles. The number of aliphatic hydroxyl groups excluding tert-OH is 2. The van der Waals surface area contributed by atoms with E-state index in [-0.39, 0.29) is 37.4 Å². The second-order valence-electron chi connectivity index (χ2n) is 13.0. The number of aromatic nitrogens is 3. The molecule has 1 saturated heterocycles. The maximum atomic E-state index is 14.1. The Morgan fingerprint density at radius 2 is 1.82 bits per heavy atom. The van der Waals surface area contributed by atoms with Gasteiger partial charge in [0.2, 0.25) is 11.8 Å². The molecule has 39 heavy (non-hydrogen) atoms. The third-order valence-electron chi connectivity index (χ3n) is 8.90. The summed E-state index contributed by atoms with van der Waals surface area (Å²) in [7, 11) is 0. The van der Waals surface area contributed by atoms with E-state index in [1.54, 1.807) is 4.68 Å². The van der Waals surface area contributed by atoms with Crippen molar-refractivity contribution >= 4 is 11.8 Å². The van der Waals surface area contributed by atoms with E-state index >= 15 is 0 Å². The number of hydrogen-bond donors (Lipinski definition) is 3. The zero-order valence-corrected chi connectivity index (χ0v) is 23.4. The third kappa shape index (κ3) is 5.75. The molecular formula is C30H43N5O4. The molecule has 2 aliphatic carbocycles. The molecule has 0 spiro atoms. The summed E-state index contributed by atoms with van der Waals surface area (Å²) < 4.78 is 1.64. The minimum absolute atomic E-state index is 0.0233. The Hall–Kier alpha value is -2.78. The van der Waals surface area contributed by atoms with Gasteiger partial charge in [-0.3, -0.25) is 9.59 Å². The molecule has 1 aliphatic heterocycles. The number of β-amino-alcohol motifs (C(OH)–C–C–N with tert-alkyl or cyclic N) is 1. The highest BCUT2D eigenvalue weighted by molar-refractivity contribution is 5.90. The van der Waals surface area contributed by atoms with Crippen LogP contribution in [0.2, 0.25) is 0 Å². The summed E-state index contributed by atoms with van der Waals surface area (Å²) in [6.07, 6.45) is 8.19. The summed E-state index contributed by atoms with van der Waals surface area (Å²) in [5.74, 6) is -0.121. The Morgan fingerprint density at radius 3 is 2.44 bits per heavy atom. The molecule has 9 heteroatoms. The van der Waals surface area contributed by atoms with E-state index in [1.165, 1.54) is 4.90 Å². The quantitative estimate of drug-likeness (QED) is 0.474. The van der Waals surface area contributed by atoms with E-state index in [9.17, 15) is 19.8 Å². The van der Waals surface area contributed by atoms with Gasteiger partial charge >= 0.3 is 0 Å². The first kappa shape index (κ1) is 27.8. The van der Waals surface area contributed by atoms with Gasteiger partial charge in [0.1, 0.15) is 12.1 Å². The van der Waals surface area contributed by atoms with E-state index in [0.717, 1.165) is 56.2 Å². The highest BCUT2D eigenvalue weighted by Gasteiger charge is 2.47. The van der Waals surface area contributed by atoms with Gasteiger partial charge in [0.15, 0.2) is 0 Å². The lowest BCUT2D eigenvalue weighted by molar-refractivity contribution is -0.144. The Bertz CT molecular complexity index is 1150. The van der Waals surface area contributed by atoms with E-state index in [4.69, 9.17) is 0 Å². The Morgan fingerprint density at radius 1 is 1.13 bits per heavy atom. The molecule has 0 radical (unpaired) electrons. The normalized spacial score (nSPS) is 24.8. The number of amides is 2. The van der Waals surface area contributed by atoms with Crippen LogP contribution in [0.5, 0.6) is 0 Å². The molecular weight excluding hydrogens is 494 g/mol. The Balaban J connectivity index is 1.42. The fourth-order valence-corrected chi connectivity index (χ4v) is 6.59. The first-order valence-corrected chi connectivity index (χ1v) is 14.5. The van der Waals surface area contributed by atoms with Gasteiger partial charge in [-0.2, -0.15) is 0 Å². The van der Waals surface area contributed by atoms with Crippen LogP contribution < -0.4 is 5.32 Å². The van der Waals surface area contributed by atoms with Crippen LogP contribution in [0.3, 0.4) is 0 Å². The molecule has 4 atom stereocenters. The van der Waals surface area contributed by atoms with Gasteiger partial charge in [-0.15, -0.1) is 5.10 Å². The maximum absolute atomic E-state index is 14.1. The predicted octanol–water partition coefficient (Wildman–Crippen LogP) is 3.50. The number of hydrogen-bond acceptors (Lipinski definition) is 6. The van der Waals surface area contributed by atoms with Gasteiger partial charge in [-0.05, 0) is 36.7 Å². The molecule has 2 heterocycles. The minimum Gasteiger partial charge on any atom is -0.396 e. The molecule has 2 aromatic rings. The van der Waals surface area contributed by atoms with Crippen molar-refractivity contribution in [1.82, 2.24) is 25.2 Å². The molecule has 5 rings (SSSR count). The van der Waals surface area contributed by atoms with E-state index < -0.39 is 29.0 Å². The molecule has 3 fully saturated rings. The van der Waals surface area contributed by atoms with Crippen molar-refractivity contribution in [2.24, 2.45) is 10.8 Å². The van der Waals surface area contributed by atoms with Gasteiger partial charge in [0, 0.05) is 30.5 Å². The smallest absolute Gasteiger partial charge is 0.248 e. The number of rotatable bonds is 8. The van der Waals surface area contributed by atoms with Crippen LogP contribution in [-0.4, -0.2) is 67.2 Å². The first-order valence-electron chi connectivity index (χ1n) is 14.5. The summed E-state index contributed by atoms with van der Waals surface area (Å²) in [5.41, 5.74) is 0.895. The number of carbonyl (C=O) groups excluding carboxylic acids is 2. The van der Waals surface area contributed by atoms with Crippen LogP contribution in [-0.2, 0) is 9.59 Å². The summed E-state index contributed by atoms with van der Waals surface area (Å²) in [5, 5.41) is 33.1. The average Bonchev–Trinajstić information content (AvgIpc) is 3.53. The molecule has 212 valence electrons. The topological polar surface area (TPSA) is 121 Å². The molecule has 3 N–H and O–H groups in total. The lowest BCUT2D eigenvalue weighted by Gasteiger charge is -2.43. The number of carbonyl (C=O) groups is 2. The number of nitrogens with one attached hydrogen (secondary N) is 1. The van der Waals surface area contributed by atoms with Crippen LogP contribution in [0.1, 0.15) is 101 Å². The average molecular weight is 538 g/mol. The van der Waals surface area contributed by atoms with Crippen molar-refractivity contribution in [2.45, 2.75) is 102 Å². The lowest BCUT2D eigenvalue weighted by atomic mass is 9.67. The van der Waals surface area contributed by atoms with Crippen molar-refractivity contribution in [2.75, 3.05) is 13.2 Å². The second kappa shape index (κ2) is 11.0. The summed E-state index contributed by atoms with van der Waals surface area (Å²) in [6.45, 7) is 6.01. The summed E-state index contributed by atoms with van der Waals surface area (Å²) in [4.78, 5) is 29.6. The van der Waals surface area contributed by atoms with Crippen LogP contribution in [0.15, 0.2) is 36.5 Å². The fraction of sp³-hybridized carbons (Fsp3) is 0.667. The largest absolute Gasteiger partial charge is 0.396 e. The van der Waals surface area contributed by atoms with Crippen molar-refractivity contribution in [3.63, 3.8) is 0 Å². The number of benzene rings is 1. The van der Waals surface area contributed by atoms with Crippen molar-refractivity contribution in [3.05, 3.63) is 47.8 Å². The van der Waals surface area contributed by atoms with Crippen LogP contribution in [0.4, 0.5) is 0 Å². The van der Waals surface area contributed by atoms with Crippen molar-refractivity contribution in [1.29, 1.82) is 0 Å².